The van der Waals surface area contributed by atoms with Crippen molar-refractivity contribution in [1.82, 2.24) is 19.7 Å². The Labute approximate surface area is 172 Å². The number of amides is 2. The molecule has 0 aliphatic carbocycles. The summed E-state index contributed by atoms with van der Waals surface area (Å²) in [6.07, 6.45) is 2.06. The maximum atomic E-state index is 12.7. The molecular formula is C17H23N5O5S2. The molecule has 1 fully saturated rings. The summed E-state index contributed by atoms with van der Waals surface area (Å²) in [5.74, 6) is 0.514. The van der Waals surface area contributed by atoms with Crippen LogP contribution in [-0.4, -0.2) is 69.7 Å². The monoisotopic (exact) mass is 441 g/mol. The molecule has 1 aliphatic rings. The van der Waals surface area contributed by atoms with Crippen LogP contribution in [0.5, 0.6) is 0 Å². The first-order valence-corrected chi connectivity index (χ1v) is 12.0. The van der Waals surface area contributed by atoms with E-state index in [4.69, 9.17) is 10.2 Å². The van der Waals surface area contributed by atoms with Crippen LogP contribution in [0.15, 0.2) is 28.0 Å². The van der Waals surface area contributed by atoms with E-state index in [1.807, 2.05) is 6.92 Å². The average Bonchev–Trinajstić information content (AvgIpc) is 3.38. The Hall–Kier alpha value is -2.34. The highest BCUT2D eigenvalue weighted by Crippen LogP contribution is 2.26. The van der Waals surface area contributed by atoms with Crippen LogP contribution in [0, 0.1) is 0 Å². The Kier molecular flexibility index (Phi) is 6.63. The maximum absolute atomic E-state index is 12.7. The third-order valence-corrected chi connectivity index (χ3v) is 7.38. The number of nitrogens with two attached hydrogens (primary N) is 1. The largest absolute Gasteiger partial charge is 0.461 e. The molecule has 2 aromatic heterocycles. The summed E-state index contributed by atoms with van der Waals surface area (Å²) in [5.41, 5.74) is 5.27. The van der Waals surface area contributed by atoms with Gasteiger partial charge in [0.25, 0.3) is 0 Å². The second kappa shape index (κ2) is 8.99. The predicted molar refractivity (Wildman–Crippen MR) is 107 cm³/mol. The molecule has 0 bridgehead atoms. The molecule has 1 aliphatic heterocycles. The number of primary amides is 1. The third-order valence-electron chi connectivity index (χ3n) is 4.68. The highest BCUT2D eigenvalue weighted by Gasteiger charge is 2.34. The van der Waals surface area contributed by atoms with E-state index < -0.39 is 15.7 Å². The van der Waals surface area contributed by atoms with Crippen molar-refractivity contribution < 1.29 is 22.4 Å². The summed E-state index contributed by atoms with van der Waals surface area (Å²) in [6.45, 7) is 2.52. The second-order valence-corrected chi connectivity index (χ2v) is 9.85. The van der Waals surface area contributed by atoms with E-state index in [-0.39, 0.29) is 42.2 Å². The van der Waals surface area contributed by atoms with Crippen molar-refractivity contribution in [3.8, 4) is 11.6 Å². The number of sulfone groups is 1. The summed E-state index contributed by atoms with van der Waals surface area (Å²) in [5, 5.41) is 8.70. The van der Waals surface area contributed by atoms with Crippen LogP contribution in [0.4, 0.5) is 0 Å². The molecule has 3 heterocycles. The Morgan fingerprint density at radius 1 is 1.41 bits per heavy atom. The Bertz CT molecular complexity index is 971. The number of rotatable bonds is 9. The highest BCUT2D eigenvalue weighted by atomic mass is 32.2. The zero-order valence-corrected chi connectivity index (χ0v) is 17.6. The van der Waals surface area contributed by atoms with Gasteiger partial charge in [0.1, 0.15) is 0 Å². The van der Waals surface area contributed by atoms with Gasteiger partial charge in [0.2, 0.25) is 11.8 Å². The van der Waals surface area contributed by atoms with Crippen molar-refractivity contribution >= 4 is 33.4 Å². The fourth-order valence-corrected chi connectivity index (χ4v) is 5.86. The van der Waals surface area contributed by atoms with Crippen molar-refractivity contribution in [3.63, 3.8) is 0 Å². The van der Waals surface area contributed by atoms with Gasteiger partial charge in [0.05, 0.1) is 23.5 Å². The van der Waals surface area contributed by atoms with Gasteiger partial charge < -0.3 is 15.1 Å². The van der Waals surface area contributed by atoms with Crippen molar-refractivity contribution in [1.29, 1.82) is 0 Å². The quantitative estimate of drug-likeness (QED) is 0.556. The second-order valence-electron chi connectivity index (χ2n) is 6.68. The summed E-state index contributed by atoms with van der Waals surface area (Å²) in [4.78, 5) is 25.6. The first kappa shape index (κ1) is 21.4. The molecule has 1 saturated heterocycles. The first-order valence-electron chi connectivity index (χ1n) is 9.18. The molecular weight excluding hydrogens is 418 g/mol. The minimum Gasteiger partial charge on any atom is -0.461 e. The van der Waals surface area contributed by atoms with Crippen LogP contribution >= 0.6 is 11.8 Å². The number of furan rings is 1. The third kappa shape index (κ3) is 5.18. The Balaban J connectivity index is 1.72. The molecule has 0 spiro atoms. The molecule has 2 N–H and O–H groups in total. The van der Waals surface area contributed by atoms with Gasteiger partial charge >= 0.3 is 0 Å². The molecule has 3 rings (SSSR count). The molecule has 2 aromatic rings. The topological polar surface area (TPSA) is 141 Å². The van der Waals surface area contributed by atoms with E-state index in [1.54, 1.807) is 21.6 Å². The SMILES string of the molecule is CCN(C(=O)CSc1nnc(-c2ccco2)n1CCC(N)=O)C1CCS(=O)(=O)C1. The number of nitrogens with zero attached hydrogens (tertiary/aromatic N) is 4. The zero-order valence-electron chi connectivity index (χ0n) is 16.0. The molecule has 0 aromatic carbocycles. The number of thioether (sulfide) groups is 1. The lowest BCUT2D eigenvalue weighted by Crippen LogP contribution is -2.42. The zero-order chi connectivity index (χ0) is 21.0. The van der Waals surface area contributed by atoms with Gasteiger partial charge in [-0.05, 0) is 25.5 Å². The van der Waals surface area contributed by atoms with Gasteiger partial charge in [0, 0.05) is 25.6 Å². The number of hydrogen-bond donors (Lipinski definition) is 1. The van der Waals surface area contributed by atoms with Crippen molar-refractivity contribution in [2.24, 2.45) is 5.73 Å². The average molecular weight is 442 g/mol. The smallest absolute Gasteiger partial charge is 0.233 e. The van der Waals surface area contributed by atoms with Gasteiger partial charge in [-0.1, -0.05) is 11.8 Å². The predicted octanol–water partition coefficient (Wildman–Crippen LogP) is 0.541. The molecule has 12 heteroatoms. The number of carbonyl (C=O) groups is 2. The molecule has 29 heavy (non-hydrogen) atoms. The lowest BCUT2D eigenvalue weighted by molar-refractivity contribution is -0.130. The van der Waals surface area contributed by atoms with Crippen LogP contribution in [0.1, 0.15) is 19.8 Å². The van der Waals surface area contributed by atoms with E-state index in [0.29, 0.717) is 29.7 Å². The van der Waals surface area contributed by atoms with Crippen LogP contribution < -0.4 is 5.73 Å². The van der Waals surface area contributed by atoms with Gasteiger partial charge in [-0.25, -0.2) is 8.42 Å². The normalized spacial score (nSPS) is 18.0. The molecule has 10 nitrogen and oxygen atoms in total. The van der Waals surface area contributed by atoms with Crippen LogP contribution in [0.3, 0.4) is 0 Å². The Morgan fingerprint density at radius 2 is 2.21 bits per heavy atom. The molecule has 1 unspecified atom stereocenters. The minimum absolute atomic E-state index is 0.00861. The van der Waals surface area contributed by atoms with E-state index in [0.717, 1.165) is 0 Å². The molecule has 0 radical (unpaired) electrons. The van der Waals surface area contributed by atoms with Crippen molar-refractivity contribution in [2.45, 2.75) is 37.5 Å². The number of carbonyl (C=O) groups excluding carboxylic acids is 2. The molecule has 158 valence electrons. The minimum atomic E-state index is -3.08. The van der Waals surface area contributed by atoms with Gasteiger partial charge in [-0.3, -0.25) is 14.2 Å². The fraction of sp³-hybridized carbons (Fsp3) is 0.529. The first-order chi connectivity index (χ1) is 13.8. The van der Waals surface area contributed by atoms with Crippen molar-refractivity contribution in [2.75, 3.05) is 23.8 Å². The number of aromatic nitrogens is 3. The van der Waals surface area contributed by atoms with Gasteiger partial charge in [-0.2, -0.15) is 0 Å². The van der Waals surface area contributed by atoms with Crippen LogP contribution in [0.2, 0.25) is 0 Å². The van der Waals surface area contributed by atoms with E-state index in [9.17, 15) is 18.0 Å². The van der Waals surface area contributed by atoms with E-state index in [1.165, 1.54) is 18.0 Å². The summed E-state index contributed by atoms with van der Waals surface area (Å²) >= 11 is 1.18. The fourth-order valence-electron chi connectivity index (χ4n) is 3.28. The van der Waals surface area contributed by atoms with Crippen LogP contribution in [-0.2, 0) is 26.0 Å². The molecule has 0 saturated carbocycles. The van der Waals surface area contributed by atoms with Crippen LogP contribution in [0.25, 0.3) is 11.6 Å². The maximum Gasteiger partial charge on any atom is 0.233 e. The van der Waals surface area contributed by atoms with Gasteiger partial charge in [0.15, 0.2) is 26.6 Å². The highest BCUT2D eigenvalue weighted by molar-refractivity contribution is 7.99. The standard InChI is InChI=1S/C17H23N5O5S2/c1-2-21(12-6-9-29(25,26)11-12)15(24)10-28-17-20-19-16(13-4-3-8-27-13)22(17)7-5-14(18)23/h3-4,8,12H,2,5-7,9-11H2,1H3,(H2,18,23). The lowest BCUT2D eigenvalue weighted by atomic mass is 10.2. The Morgan fingerprint density at radius 3 is 2.79 bits per heavy atom. The molecule has 2 amide bonds. The lowest BCUT2D eigenvalue weighted by Gasteiger charge is -2.26. The number of hydrogen-bond acceptors (Lipinski definition) is 8. The summed E-state index contributed by atoms with van der Waals surface area (Å²) in [7, 11) is -3.08. The summed E-state index contributed by atoms with van der Waals surface area (Å²) in [6, 6.07) is 3.15. The summed E-state index contributed by atoms with van der Waals surface area (Å²) < 4.78 is 30.5. The van der Waals surface area contributed by atoms with Gasteiger partial charge in [-0.15, -0.1) is 10.2 Å². The molecule has 1 atom stereocenters. The van der Waals surface area contributed by atoms with E-state index >= 15 is 0 Å². The van der Waals surface area contributed by atoms with Crippen molar-refractivity contribution in [3.05, 3.63) is 18.4 Å². The van der Waals surface area contributed by atoms with E-state index in [2.05, 4.69) is 10.2 Å².